The second-order valence-corrected chi connectivity index (χ2v) is 6.61. The molecular formula is C21H29N. The SMILES string of the molecule is CCc1c(C(C)C(C)=CC=C(C)C(C)C)[nH]c2ccccc12. The van der Waals surface area contributed by atoms with Crippen LogP contribution >= 0.6 is 0 Å². The smallest absolute Gasteiger partial charge is 0.0459 e. The van der Waals surface area contributed by atoms with Crippen LogP contribution in [0, 0.1) is 5.92 Å². The minimum atomic E-state index is 0.415. The molecule has 0 saturated carbocycles. The lowest BCUT2D eigenvalue weighted by molar-refractivity contribution is 0.768. The normalized spacial score (nSPS) is 14.9. The third kappa shape index (κ3) is 3.35. The van der Waals surface area contributed by atoms with Gasteiger partial charge >= 0.3 is 0 Å². The van der Waals surface area contributed by atoms with Gasteiger partial charge in [0, 0.05) is 22.5 Å². The van der Waals surface area contributed by atoms with E-state index in [2.05, 4.69) is 82.9 Å². The van der Waals surface area contributed by atoms with Crippen LogP contribution in [-0.4, -0.2) is 4.98 Å². The molecule has 22 heavy (non-hydrogen) atoms. The van der Waals surface area contributed by atoms with E-state index in [0.29, 0.717) is 11.8 Å². The first kappa shape index (κ1) is 16.6. The maximum Gasteiger partial charge on any atom is 0.0459 e. The fourth-order valence-electron chi connectivity index (χ4n) is 2.80. The summed E-state index contributed by atoms with van der Waals surface area (Å²) in [6, 6.07) is 8.63. The lowest BCUT2D eigenvalue weighted by atomic mass is 9.93. The first-order valence-corrected chi connectivity index (χ1v) is 8.40. The van der Waals surface area contributed by atoms with E-state index in [9.17, 15) is 0 Å². The molecule has 0 radical (unpaired) electrons. The highest BCUT2D eigenvalue weighted by Gasteiger charge is 2.16. The van der Waals surface area contributed by atoms with Crippen molar-refractivity contribution in [3.8, 4) is 0 Å². The molecule has 0 amide bonds. The number of para-hydroxylation sites is 1. The topological polar surface area (TPSA) is 15.8 Å². The Hall–Kier alpha value is -1.76. The van der Waals surface area contributed by atoms with Crippen molar-refractivity contribution >= 4 is 10.9 Å². The van der Waals surface area contributed by atoms with E-state index in [4.69, 9.17) is 0 Å². The number of allylic oxidation sites excluding steroid dienone is 4. The minimum absolute atomic E-state index is 0.415. The van der Waals surface area contributed by atoms with Crippen molar-refractivity contribution in [2.24, 2.45) is 5.92 Å². The first-order valence-electron chi connectivity index (χ1n) is 8.40. The summed E-state index contributed by atoms with van der Waals surface area (Å²) in [4.78, 5) is 3.64. The molecule has 0 aliphatic rings. The summed E-state index contributed by atoms with van der Waals surface area (Å²) < 4.78 is 0. The summed E-state index contributed by atoms with van der Waals surface area (Å²) in [6.07, 6.45) is 5.62. The van der Waals surface area contributed by atoms with Crippen molar-refractivity contribution < 1.29 is 0 Å². The molecule has 0 aliphatic heterocycles. The molecule has 1 aromatic heterocycles. The highest BCUT2D eigenvalue weighted by molar-refractivity contribution is 5.85. The van der Waals surface area contributed by atoms with Crippen LogP contribution in [0.4, 0.5) is 0 Å². The van der Waals surface area contributed by atoms with Gasteiger partial charge in [-0.2, -0.15) is 0 Å². The van der Waals surface area contributed by atoms with Crippen molar-refractivity contribution in [1.82, 2.24) is 4.98 Å². The third-order valence-corrected chi connectivity index (χ3v) is 4.84. The summed E-state index contributed by atoms with van der Waals surface area (Å²) >= 11 is 0. The molecule has 1 aromatic carbocycles. The Kier molecular flexibility index (Phi) is 5.28. The number of H-pyrrole nitrogens is 1. The van der Waals surface area contributed by atoms with Crippen molar-refractivity contribution in [2.45, 2.75) is 53.9 Å². The van der Waals surface area contributed by atoms with Crippen LogP contribution in [0.3, 0.4) is 0 Å². The van der Waals surface area contributed by atoms with Crippen LogP contribution in [-0.2, 0) is 6.42 Å². The molecule has 2 aromatic rings. The van der Waals surface area contributed by atoms with Gasteiger partial charge in [0.15, 0.2) is 0 Å². The number of hydrogen-bond donors (Lipinski definition) is 1. The van der Waals surface area contributed by atoms with Crippen molar-refractivity contribution in [1.29, 1.82) is 0 Å². The zero-order valence-electron chi connectivity index (χ0n) is 14.8. The van der Waals surface area contributed by atoms with Gasteiger partial charge in [0.1, 0.15) is 0 Å². The number of aromatic nitrogens is 1. The average Bonchev–Trinajstić information content (AvgIpc) is 2.89. The second-order valence-electron chi connectivity index (χ2n) is 6.61. The van der Waals surface area contributed by atoms with Gasteiger partial charge in [0.25, 0.3) is 0 Å². The van der Waals surface area contributed by atoms with E-state index in [1.807, 2.05) is 0 Å². The molecule has 1 nitrogen and oxygen atoms in total. The summed E-state index contributed by atoms with van der Waals surface area (Å²) in [7, 11) is 0. The standard InChI is InChI=1S/C21H29N/c1-7-18-19-10-8-9-11-20(19)22-21(18)17(6)16(5)13-12-15(4)14(2)3/h8-14,17,22H,7H2,1-6H3. The third-order valence-electron chi connectivity index (χ3n) is 4.84. The molecule has 1 heterocycles. The highest BCUT2D eigenvalue weighted by atomic mass is 14.7. The van der Waals surface area contributed by atoms with Gasteiger partial charge < -0.3 is 4.98 Å². The van der Waals surface area contributed by atoms with E-state index in [-0.39, 0.29) is 0 Å². The Bertz CT molecular complexity index is 698. The van der Waals surface area contributed by atoms with E-state index >= 15 is 0 Å². The maximum atomic E-state index is 3.64. The summed E-state index contributed by atoms with van der Waals surface area (Å²) in [5.74, 6) is 1.03. The maximum absolute atomic E-state index is 3.64. The number of fused-ring (bicyclic) bond motifs is 1. The summed E-state index contributed by atoms with van der Waals surface area (Å²) in [5.41, 5.74) is 6.91. The molecule has 118 valence electrons. The van der Waals surface area contributed by atoms with Crippen molar-refractivity contribution in [2.75, 3.05) is 0 Å². The Morgan fingerprint density at radius 3 is 2.32 bits per heavy atom. The molecule has 0 saturated heterocycles. The van der Waals surface area contributed by atoms with Gasteiger partial charge in [-0.05, 0) is 37.8 Å². The number of aryl methyl sites for hydroxylation is 1. The Balaban J connectivity index is 2.39. The molecule has 2 rings (SSSR count). The van der Waals surface area contributed by atoms with Crippen LogP contribution in [0.5, 0.6) is 0 Å². The van der Waals surface area contributed by atoms with Crippen LogP contribution in [0.1, 0.15) is 58.7 Å². The van der Waals surface area contributed by atoms with E-state index in [0.717, 1.165) is 6.42 Å². The predicted octanol–water partition coefficient (Wildman–Crippen LogP) is 6.38. The lowest BCUT2D eigenvalue weighted by Crippen LogP contribution is -1.99. The molecular weight excluding hydrogens is 266 g/mol. The minimum Gasteiger partial charge on any atom is -0.358 e. The van der Waals surface area contributed by atoms with E-state index < -0.39 is 0 Å². The zero-order valence-corrected chi connectivity index (χ0v) is 14.8. The van der Waals surface area contributed by atoms with Gasteiger partial charge in [-0.3, -0.25) is 0 Å². The lowest BCUT2D eigenvalue weighted by Gasteiger charge is -2.13. The fraction of sp³-hybridized carbons (Fsp3) is 0.429. The Labute approximate surface area is 135 Å². The largest absolute Gasteiger partial charge is 0.358 e. The quantitative estimate of drug-likeness (QED) is 0.616. The van der Waals surface area contributed by atoms with Crippen molar-refractivity contribution in [3.63, 3.8) is 0 Å². The van der Waals surface area contributed by atoms with Crippen LogP contribution in [0.25, 0.3) is 10.9 Å². The van der Waals surface area contributed by atoms with Gasteiger partial charge in [0.2, 0.25) is 0 Å². The van der Waals surface area contributed by atoms with Gasteiger partial charge in [-0.15, -0.1) is 0 Å². The monoisotopic (exact) mass is 295 g/mol. The molecule has 0 aliphatic carbocycles. The Morgan fingerprint density at radius 1 is 1.05 bits per heavy atom. The summed E-state index contributed by atoms with van der Waals surface area (Å²) in [5, 5.41) is 1.37. The van der Waals surface area contributed by atoms with Crippen LogP contribution in [0.15, 0.2) is 47.6 Å². The molecule has 1 atom stereocenters. The number of nitrogens with one attached hydrogen (secondary N) is 1. The number of hydrogen-bond acceptors (Lipinski definition) is 0. The van der Waals surface area contributed by atoms with Gasteiger partial charge in [0.05, 0.1) is 0 Å². The number of benzene rings is 1. The number of rotatable bonds is 5. The Morgan fingerprint density at radius 2 is 1.68 bits per heavy atom. The molecule has 0 bridgehead atoms. The molecule has 1 heteroatoms. The van der Waals surface area contributed by atoms with Gasteiger partial charge in [-0.1, -0.05) is 69.2 Å². The second kappa shape index (κ2) is 7.00. The molecule has 1 unspecified atom stereocenters. The van der Waals surface area contributed by atoms with Crippen LogP contribution < -0.4 is 0 Å². The molecule has 1 N–H and O–H groups in total. The average molecular weight is 295 g/mol. The van der Waals surface area contributed by atoms with Crippen LogP contribution in [0.2, 0.25) is 0 Å². The van der Waals surface area contributed by atoms with E-state index in [1.165, 1.54) is 33.3 Å². The fourth-order valence-corrected chi connectivity index (χ4v) is 2.80. The zero-order chi connectivity index (χ0) is 16.3. The molecule has 0 fully saturated rings. The highest BCUT2D eigenvalue weighted by Crippen LogP contribution is 2.32. The predicted molar refractivity (Wildman–Crippen MR) is 98.4 cm³/mol. The summed E-state index contributed by atoms with van der Waals surface area (Å²) in [6.45, 7) is 13.5. The van der Waals surface area contributed by atoms with E-state index in [1.54, 1.807) is 0 Å². The van der Waals surface area contributed by atoms with Crippen molar-refractivity contribution in [3.05, 3.63) is 58.8 Å². The number of aromatic amines is 1. The first-order chi connectivity index (χ1) is 10.5. The molecule has 0 spiro atoms. The van der Waals surface area contributed by atoms with Gasteiger partial charge in [-0.25, -0.2) is 0 Å².